The lowest BCUT2D eigenvalue weighted by molar-refractivity contribution is -0.126. The first-order valence-electron chi connectivity index (χ1n) is 7.97. The Kier molecular flexibility index (Phi) is 6.88. The standard InChI is InChI=1S/C17H19N5O6S/c1-27-15-9-8-14(11-16(15)28-2)29(25,26)22(19)13-6-3-12(4-7-13)5-10-17(23)21(18)20-24/h3-11H,18-19H2,1-2H3/b10-5+. The molecule has 0 unspecified atom stereocenters. The number of carbonyl (C=O) groups excluding carboxylic acids is 1. The minimum Gasteiger partial charge on any atom is -0.493 e. The highest BCUT2D eigenvalue weighted by Gasteiger charge is 2.23. The Morgan fingerprint density at radius 3 is 2.21 bits per heavy atom. The Morgan fingerprint density at radius 1 is 1.03 bits per heavy atom. The number of amides is 1. The van der Waals surface area contributed by atoms with Crippen LogP contribution in [0.5, 0.6) is 11.5 Å². The van der Waals surface area contributed by atoms with Gasteiger partial charge in [0.2, 0.25) is 0 Å². The number of sulfonamides is 1. The summed E-state index contributed by atoms with van der Waals surface area (Å²) in [6.07, 6.45) is 2.41. The van der Waals surface area contributed by atoms with E-state index in [0.29, 0.717) is 15.7 Å². The maximum atomic E-state index is 12.8. The maximum absolute atomic E-state index is 12.8. The molecule has 0 aromatic heterocycles. The highest BCUT2D eigenvalue weighted by Crippen LogP contribution is 2.31. The number of anilines is 1. The molecule has 2 rings (SSSR count). The van der Waals surface area contributed by atoms with Crippen LogP contribution in [0, 0.1) is 4.91 Å². The topological polar surface area (TPSA) is 158 Å². The van der Waals surface area contributed by atoms with Crippen molar-refractivity contribution in [3.05, 3.63) is 59.0 Å². The summed E-state index contributed by atoms with van der Waals surface area (Å²) in [7, 11) is -1.24. The average Bonchev–Trinajstić information content (AvgIpc) is 2.75. The highest BCUT2D eigenvalue weighted by molar-refractivity contribution is 7.92. The number of carbonyl (C=O) groups is 1. The van der Waals surface area contributed by atoms with E-state index in [-0.39, 0.29) is 21.5 Å². The van der Waals surface area contributed by atoms with E-state index in [1.165, 1.54) is 62.8 Å². The fourth-order valence-electron chi connectivity index (χ4n) is 2.25. The number of nitrogens with two attached hydrogens (primary N) is 2. The third-order valence-corrected chi connectivity index (χ3v) is 5.37. The van der Waals surface area contributed by atoms with Crippen molar-refractivity contribution in [3.8, 4) is 11.5 Å². The first-order valence-corrected chi connectivity index (χ1v) is 9.41. The van der Waals surface area contributed by atoms with Gasteiger partial charge in [0.05, 0.1) is 30.1 Å². The quantitative estimate of drug-likeness (QED) is 0.211. The van der Waals surface area contributed by atoms with Gasteiger partial charge in [0.15, 0.2) is 11.5 Å². The number of nitroso groups, excluding NO2 is 1. The lowest BCUT2D eigenvalue weighted by atomic mass is 10.2. The van der Waals surface area contributed by atoms with E-state index in [2.05, 4.69) is 5.29 Å². The molecule has 12 heteroatoms. The summed E-state index contributed by atoms with van der Waals surface area (Å²) in [5, 5.41) is 2.41. The minimum atomic E-state index is -4.07. The predicted octanol–water partition coefficient (Wildman–Crippen LogP) is 1.17. The molecule has 11 nitrogen and oxygen atoms in total. The van der Waals surface area contributed by atoms with Crippen LogP contribution < -0.4 is 25.6 Å². The minimum absolute atomic E-state index is 0.0865. The van der Waals surface area contributed by atoms with Crippen molar-refractivity contribution in [3.63, 3.8) is 0 Å². The van der Waals surface area contributed by atoms with Crippen molar-refractivity contribution in [2.45, 2.75) is 4.90 Å². The molecule has 0 saturated carbocycles. The molecule has 154 valence electrons. The number of methoxy groups -OCH3 is 2. The van der Waals surface area contributed by atoms with Gasteiger partial charge in [-0.15, -0.1) is 10.0 Å². The molecule has 4 N–H and O–H groups in total. The van der Waals surface area contributed by atoms with Gasteiger partial charge >= 0.3 is 0 Å². The molecule has 2 aromatic rings. The molecule has 29 heavy (non-hydrogen) atoms. The van der Waals surface area contributed by atoms with Crippen LogP contribution in [-0.4, -0.2) is 33.7 Å². The van der Waals surface area contributed by atoms with Gasteiger partial charge in [0, 0.05) is 12.1 Å². The van der Waals surface area contributed by atoms with Gasteiger partial charge in [-0.2, -0.15) is 8.42 Å². The molecule has 0 bridgehead atoms. The molecule has 0 atom stereocenters. The second kappa shape index (κ2) is 9.14. The smallest absolute Gasteiger partial charge is 0.284 e. The molecule has 0 radical (unpaired) electrons. The molecule has 1 amide bonds. The fraction of sp³-hybridized carbons (Fsp3) is 0.118. The number of ether oxygens (including phenoxy) is 2. The molecule has 0 fully saturated rings. The molecule has 0 aliphatic rings. The van der Waals surface area contributed by atoms with Gasteiger partial charge < -0.3 is 9.47 Å². The van der Waals surface area contributed by atoms with E-state index < -0.39 is 15.9 Å². The molecule has 2 aromatic carbocycles. The monoisotopic (exact) mass is 421 g/mol. The summed E-state index contributed by atoms with van der Waals surface area (Å²) in [6.45, 7) is 0. The molecular weight excluding hydrogens is 402 g/mol. The summed E-state index contributed by atoms with van der Waals surface area (Å²) < 4.78 is 36.4. The second-order valence-corrected chi connectivity index (χ2v) is 7.32. The van der Waals surface area contributed by atoms with E-state index in [9.17, 15) is 18.1 Å². The van der Waals surface area contributed by atoms with E-state index in [1.54, 1.807) is 0 Å². The van der Waals surface area contributed by atoms with E-state index in [4.69, 9.17) is 21.2 Å². The van der Waals surface area contributed by atoms with Crippen molar-refractivity contribution in [1.82, 2.24) is 5.12 Å². The number of hydrogen-bond donors (Lipinski definition) is 2. The van der Waals surface area contributed by atoms with Gasteiger partial charge in [-0.1, -0.05) is 12.1 Å². The lowest BCUT2D eigenvalue weighted by Gasteiger charge is -2.19. The Bertz CT molecular complexity index is 1020. The molecule has 0 saturated heterocycles. The summed E-state index contributed by atoms with van der Waals surface area (Å²) in [4.78, 5) is 21.5. The average molecular weight is 421 g/mol. The van der Waals surface area contributed by atoms with Crippen LogP contribution in [0.3, 0.4) is 0 Å². The lowest BCUT2D eigenvalue weighted by Crippen LogP contribution is -2.37. The first-order chi connectivity index (χ1) is 13.7. The van der Waals surface area contributed by atoms with Gasteiger partial charge in [0.1, 0.15) is 0 Å². The van der Waals surface area contributed by atoms with Gasteiger partial charge in [-0.3, -0.25) is 4.79 Å². The predicted molar refractivity (Wildman–Crippen MR) is 106 cm³/mol. The van der Waals surface area contributed by atoms with Crippen LogP contribution in [-0.2, 0) is 14.8 Å². The summed E-state index contributed by atoms with van der Waals surface area (Å²) in [6, 6.07) is 10.0. The maximum Gasteiger partial charge on any atom is 0.284 e. The first kappa shape index (κ1) is 21.8. The van der Waals surface area contributed by atoms with E-state index in [0.717, 1.165) is 6.08 Å². The van der Waals surface area contributed by atoms with Gasteiger partial charge in [-0.05, 0) is 35.9 Å². The number of nitrogens with zero attached hydrogens (tertiary/aromatic N) is 3. The number of rotatable bonds is 8. The van der Waals surface area contributed by atoms with Crippen molar-refractivity contribution in [1.29, 1.82) is 0 Å². The van der Waals surface area contributed by atoms with Crippen LogP contribution in [0.1, 0.15) is 5.56 Å². The summed E-state index contributed by atoms with van der Waals surface area (Å²) in [5.74, 6) is 10.7. The number of hydrazine groups is 2. The third-order valence-electron chi connectivity index (χ3n) is 3.79. The Morgan fingerprint density at radius 2 is 1.66 bits per heavy atom. The highest BCUT2D eigenvalue weighted by atomic mass is 32.2. The zero-order valence-corrected chi connectivity index (χ0v) is 16.4. The zero-order chi connectivity index (χ0) is 21.6. The van der Waals surface area contributed by atoms with Crippen LogP contribution in [0.15, 0.2) is 58.7 Å². The Labute approximate surface area is 167 Å². The van der Waals surface area contributed by atoms with Crippen molar-refractivity contribution < 1.29 is 22.7 Å². The van der Waals surface area contributed by atoms with Gasteiger partial charge in [-0.25, -0.2) is 16.1 Å². The summed E-state index contributed by atoms with van der Waals surface area (Å²) >= 11 is 0. The van der Waals surface area contributed by atoms with E-state index >= 15 is 0 Å². The van der Waals surface area contributed by atoms with Crippen LogP contribution >= 0.6 is 0 Å². The SMILES string of the molecule is COc1ccc(S(=O)(=O)N(N)c2ccc(/C=C/C(=O)N(N)N=O)cc2)cc1OC. The molecular formula is C17H19N5O6S. The third kappa shape index (κ3) is 4.87. The molecule has 0 heterocycles. The normalized spacial score (nSPS) is 11.2. The van der Waals surface area contributed by atoms with E-state index in [1.807, 2.05) is 0 Å². The fourth-order valence-corrected chi connectivity index (χ4v) is 3.37. The van der Waals surface area contributed by atoms with Crippen molar-refractivity contribution >= 4 is 27.7 Å². The largest absolute Gasteiger partial charge is 0.493 e. The van der Waals surface area contributed by atoms with Crippen LogP contribution in [0.25, 0.3) is 6.08 Å². The van der Waals surface area contributed by atoms with Gasteiger partial charge in [0.25, 0.3) is 15.9 Å². The second-order valence-electron chi connectivity index (χ2n) is 5.51. The van der Waals surface area contributed by atoms with Crippen molar-refractivity contribution in [2.24, 2.45) is 17.0 Å². The Hall–Kier alpha value is -3.48. The molecule has 0 aliphatic carbocycles. The summed E-state index contributed by atoms with van der Waals surface area (Å²) in [5.41, 5.74) is 0.719. The molecule has 0 aliphatic heterocycles. The number of hydrogen-bond acceptors (Lipinski definition) is 9. The zero-order valence-electron chi connectivity index (χ0n) is 15.6. The molecule has 0 spiro atoms. The van der Waals surface area contributed by atoms with Crippen LogP contribution in [0.2, 0.25) is 0 Å². The van der Waals surface area contributed by atoms with Crippen molar-refractivity contribution in [2.75, 3.05) is 18.6 Å². The number of benzene rings is 2. The van der Waals surface area contributed by atoms with Crippen LogP contribution in [0.4, 0.5) is 5.69 Å². The Balaban J connectivity index is 2.25.